The smallest absolute Gasteiger partial charge is 0.120 e. The lowest BCUT2D eigenvalue weighted by Gasteiger charge is -2.16. The lowest BCUT2D eigenvalue weighted by atomic mass is 9.98. The Labute approximate surface area is 246 Å². The van der Waals surface area contributed by atoms with Crippen molar-refractivity contribution in [1.29, 1.82) is 5.41 Å². The van der Waals surface area contributed by atoms with Crippen LogP contribution in [0.5, 0.6) is 0 Å². The van der Waals surface area contributed by atoms with Gasteiger partial charge < -0.3 is 10.3 Å². The van der Waals surface area contributed by atoms with Gasteiger partial charge in [0, 0.05) is 42.1 Å². The van der Waals surface area contributed by atoms with Gasteiger partial charge in [-0.25, -0.2) is 4.52 Å². The zero-order valence-electron chi connectivity index (χ0n) is 23.7. The second kappa shape index (κ2) is 12.4. The third kappa shape index (κ3) is 6.47. The average molecular weight is 560 g/mol. The van der Waals surface area contributed by atoms with E-state index in [1.807, 2.05) is 54.9 Å². The van der Waals surface area contributed by atoms with Gasteiger partial charge in [0.2, 0.25) is 0 Å². The van der Waals surface area contributed by atoms with Gasteiger partial charge in [-0.3, -0.25) is 4.98 Å². The van der Waals surface area contributed by atoms with Crippen LogP contribution in [0.1, 0.15) is 32.4 Å². The summed E-state index contributed by atoms with van der Waals surface area (Å²) in [6.45, 7) is 11.1. The highest BCUT2D eigenvalue weighted by Gasteiger charge is 2.18. The van der Waals surface area contributed by atoms with Gasteiger partial charge in [0.1, 0.15) is 5.69 Å². The molecule has 1 aromatic carbocycles. The Bertz CT molecular complexity index is 1860. The maximum absolute atomic E-state index is 7.73. The Morgan fingerprint density at radius 1 is 1.12 bits per heavy atom. The summed E-state index contributed by atoms with van der Waals surface area (Å²) in [7, 11) is 0. The highest BCUT2D eigenvalue weighted by atomic mass is 35.5. The van der Waals surface area contributed by atoms with Crippen LogP contribution >= 0.6 is 11.6 Å². The van der Waals surface area contributed by atoms with Crippen molar-refractivity contribution in [3.8, 4) is 22.5 Å². The van der Waals surface area contributed by atoms with E-state index in [4.69, 9.17) is 27.1 Å². The van der Waals surface area contributed by atoms with Gasteiger partial charge in [0.25, 0.3) is 0 Å². The number of hydrogen-bond donors (Lipinski definition) is 1. The topological polar surface area (TPSA) is 57.3 Å². The summed E-state index contributed by atoms with van der Waals surface area (Å²) >= 11 is 6.33. The van der Waals surface area contributed by atoms with Crippen molar-refractivity contribution in [2.75, 3.05) is 6.54 Å². The fourth-order valence-corrected chi connectivity index (χ4v) is 5.12. The lowest BCUT2D eigenvalue weighted by Crippen LogP contribution is -2.23. The van der Waals surface area contributed by atoms with E-state index in [9.17, 15) is 0 Å². The number of hydrogen-bond acceptors (Lipinski definition) is 4. The summed E-state index contributed by atoms with van der Waals surface area (Å²) in [5.74, 6) is 0. The molecule has 0 radical (unpaired) electrons. The molecule has 0 atom stereocenters. The van der Waals surface area contributed by atoms with E-state index >= 15 is 0 Å². The molecular formula is C35H34ClN5. The van der Waals surface area contributed by atoms with Crippen LogP contribution in [-0.4, -0.2) is 31.8 Å². The van der Waals surface area contributed by atoms with E-state index in [-0.39, 0.29) is 0 Å². The molecule has 4 aromatic rings. The van der Waals surface area contributed by atoms with Gasteiger partial charge in [-0.2, -0.15) is 5.10 Å². The van der Waals surface area contributed by atoms with E-state index in [0.717, 1.165) is 74.7 Å². The van der Waals surface area contributed by atoms with Crippen LogP contribution in [0.15, 0.2) is 103 Å². The molecule has 5 rings (SSSR count). The number of aromatic nitrogens is 3. The normalized spacial score (nSPS) is 14.0. The fourth-order valence-electron chi connectivity index (χ4n) is 4.97. The van der Waals surface area contributed by atoms with Gasteiger partial charge in [0.05, 0.1) is 16.2 Å². The van der Waals surface area contributed by atoms with Crippen LogP contribution < -0.4 is 10.4 Å². The molecule has 41 heavy (non-hydrogen) atoms. The predicted molar refractivity (Wildman–Crippen MR) is 172 cm³/mol. The highest BCUT2D eigenvalue weighted by Crippen LogP contribution is 2.34. The number of pyridine rings is 2. The van der Waals surface area contributed by atoms with E-state index in [1.165, 1.54) is 0 Å². The molecule has 1 aliphatic heterocycles. The first-order valence-electron chi connectivity index (χ1n) is 13.8. The molecule has 0 saturated heterocycles. The van der Waals surface area contributed by atoms with E-state index in [1.54, 1.807) is 0 Å². The Morgan fingerprint density at radius 3 is 2.76 bits per heavy atom. The maximum atomic E-state index is 7.73. The molecule has 3 aromatic heterocycles. The Morgan fingerprint density at radius 2 is 1.98 bits per heavy atom. The number of nitrogens with zero attached hydrogens (tertiary/aromatic N) is 4. The van der Waals surface area contributed by atoms with Crippen LogP contribution in [0, 0.1) is 12.3 Å². The number of halogens is 1. The number of aryl methyl sites for hydroxylation is 1. The molecule has 5 nitrogen and oxygen atoms in total. The Kier molecular flexibility index (Phi) is 8.46. The van der Waals surface area contributed by atoms with Crippen molar-refractivity contribution < 1.29 is 0 Å². The number of benzene rings is 1. The fraction of sp³-hybridized carbons (Fsp3) is 0.171. The molecule has 206 valence electrons. The van der Waals surface area contributed by atoms with Crippen molar-refractivity contribution in [2.24, 2.45) is 0 Å². The molecule has 0 unspecified atom stereocenters. The van der Waals surface area contributed by atoms with Crippen molar-refractivity contribution >= 4 is 35.5 Å². The van der Waals surface area contributed by atoms with Crippen LogP contribution in [-0.2, 0) is 0 Å². The summed E-state index contributed by atoms with van der Waals surface area (Å²) in [5.41, 5.74) is 8.48. The molecule has 0 spiro atoms. The van der Waals surface area contributed by atoms with Crippen molar-refractivity contribution in [1.82, 2.24) is 19.5 Å². The standard InChI is InChI=1S/C35H34ClN5/c1-5-27(29-12-6-7-18-40(22-29)19-9-10-25(3)37)20-30-21-28(15-14-24(30)2)34-33-17-16-31(36)23-41(33)39-35(34)32-13-8-11-26(4)38-32/h5-8,11-18,20-23,37H,2,9-10,19H2,1,3-4H3/b27-5+,30-20-,37-25?. The number of nitrogens with one attached hydrogen (secondary N) is 1. The first-order chi connectivity index (χ1) is 19.8. The van der Waals surface area contributed by atoms with Gasteiger partial charge in [0.15, 0.2) is 0 Å². The minimum absolute atomic E-state index is 0.622. The quantitative estimate of drug-likeness (QED) is 0.231. The van der Waals surface area contributed by atoms with Crippen molar-refractivity contribution in [3.63, 3.8) is 0 Å². The Hall–Kier alpha value is -4.48. The third-order valence-electron chi connectivity index (χ3n) is 7.05. The zero-order chi connectivity index (χ0) is 28.9. The largest absolute Gasteiger partial charge is 0.354 e. The van der Waals surface area contributed by atoms with E-state index in [0.29, 0.717) is 10.7 Å². The molecule has 1 N–H and O–H groups in total. The zero-order valence-corrected chi connectivity index (χ0v) is 24.5. The molecule has 6 heteroatoms. The van der Waals surface area contributed by atoms with Crippen LogP contribution in [0.25, 0.3) is 40.7 Å². The molecule has 0 saturated carbocycles. The number of rotatable bonds is 8. The van der Waals surface area contributed by atoms with Crippen LogP contribution in [0.2, 0.25) is 5.02 Å². The maximum Gasteiger partial charge on any atom is 0.120 e. The van der Waals surface area contributed by atoms with Crippen molar-refractivity contribution in [3.05, 3.63) is 124 Å². The number of fused-ring (bicyclic) bond motifs is 1. The summed E-state index contributed by atoms with van der Waals surface area (Å²) in [6.07, 6.45) is 18.4. The van der Waals surface area contributed by atoms with Gasteiger partial charge >= 0.3 is 0 Å². The molecule has 0 amide bonds. The van der Waals surface area contributed by atoms with E-state index in [2.05, 4.69) is 79.4 Å². The monoisotopic (exact) mass is 559 g/mol. The molecule has 0 aliphatic carbocycles. The summed E-state index contributed by atoms with van der Waals surface area (Å²) < 4.78 is 1.83. The Balaban J connectivity index is 1.60. The highest BCUT2D eigenvalue weighted by molar-refractivity contribution is 6.30. The molecule has 4 heterocycles. The number of allylic oxidation sites excluding steroid dienone is 6. The molecule has 0 bridgehead atoms. The molecule has 0 fully saturated rings. The summed E-state index contributed by atoms with van der Waals surface area (Å²) in [5, 5.41) is 15.2. The minimum atomic E-state index is 0.622. The van der Waals surface area contributed by atoms with Gasteiger partial charge in [-0.15, -0.1) is 0 Å². The summed E-state index contributed by atoms with van der Waals surface area (Å²) in [4.78, 5) is 6.98. The van der Waals surface area contributed by atoms with Crippen LogP contribution in [0.4, 0.5) is 0 Å². The van der Waals surface area contributed by atoms with E-state index < -0.39 is 0 Å². The van der Waals surface area contributed by atoms with Gasteiger partial charge in [-0.1, -0.05) is 54.6 Å². The van der Waals surface area contributed by atoms with Crippen LogP contribution in [0.3, 0.4) is 0 Å². The average Bonchev–Trinajstić information content (AvgIpc) is 3.16. The van der Waals surface area contributed by atoms with Gasteiger partial charge in [-0.05, 0) is 103 Å². The predicted octanol–water partition coefficient (Wildman–Crippen LogP) is 7.25. The second-order valence-electron chi connectivity index (χ2n) is 10.3. The second-order valence-corrected chi connectivity index (χ2v) is 10.7. The SMILES string of the molecule is C=c1ccc(-c2c(-c3cccc(C)n3)nn3cc(Cl)ccc23)c/c1=C/C(=C\C)C1=CN(CCCC(C)=N)C=CC=C1. The summed E-state index contributed by atoms with van der Waals surface area (Å²) in [6, 6.07) is 16.2. The molecule has 1 aliphatic rings. The first-order valence-corrected chi connectivity index (χ1v) is 14.2. The minimum Gasteiger partial charge on any atom is -0.354 e. The lowest BCUT2D eigenvalue weighted by molar-refractivity contribution is 0.493. The third-order valence-corrected chi connectivity index (χ3v) is 7.28. The first kappa shape index (κ1) is 28.1. The van der Waals surface area contributed by atoms with Crippen molar-refractivity contribution in [2.45, 2.75) is 33.6 Å². The molecular weight excluding hydrogens is 526 g/mol.